The molecule has 1 N–H and O–H groups in total. The van der Waals surface area contributed by atoms with Crippen LogP contribution in [0.15, 0.2) is 36.7 Å². The fourth-order valence-electron chi connectivity index (χ4n) is 2.12. The van der Waals surface area contributed by atoms with Gasteiger partial charge in [0.2, 0.25) is 0 Å². The first-order chi connectivity index (χ1) is 11.3. The molecule has 5 nitrogen and oxygen atoms in total. The van der Waals surface area contributed by atoms with Crippen molar-refractivity contribution >= 4 is 5.91 Å². The molecule has 0 aliphatic rings. The maximum absolute atomic E-state index is 12.9. The molecule has 24 heavy (non-hydrogen) atoms. The van der Waals surface area contributed by atoms with Crippen LogP contribution in [0.3, 0.4) is 0 Å². The monoisotopic (exact) mass is 341 g/mol. The van der Waals surface area contributed by atoms with E-state index in [0.29, 0.717) is 13.0 Å². The van der Waals surface area contributed by atoms with Gasteiger partial charge in [0, 0.05) is 19.8 Å². The minimum Gasteiger partial charge on any atom is -0.480 e. The summed E-state index contributed by atoms with van der Waals surface area (Å²) in [6.07, 6.45) is -1.49. The van der Waals surface area contributed by atoms with Crippen LogP contribution in [-0.4, -0.2) is 28.3 Å². The van der Waals surface area contributed by atoms with Crippen LogP contribution in [0.25, 0.3) is 0 Å². The Hall–Kier alpha value is -2.51. The lowest BCUT2D eigenvalue weighted by atomic mass is 10.2. The molecule has 0 spiro atoms. The van der Waals surface area contributed by atoms with Gasteiger partial charge in [-0.1, -0.05) is 12.1 Å². The van der Waals surface area contributed by atoms with E-state index in [1.54, 1.807) is 17.9 Å². The molecule has 1 heterocycles. The largest absolute Gasteiger partial charge is 0.480 e. The van der Waals surface area contributed by atoms with E-state index in [1.165, 1.54) is 25.1 Å². The zero-order valence-electron chi connectivity index (χ0n) is 13.3. The van der Waals surface area contributed by atoms with E-state index in [9.17, 15) is 18.0 Å². The van der Waals surface area contributed by atoms with E-state index in [1.807, 2.05) is 6.20 Å². The molecule has 2 rings (SSSR count). The van der Waals surface area contributed by atoms with Crippen molar-refractivity contribution < 1.29 is 22.7 Å². The zero-order valence-corrected chi connectivity index (χ0v) is 13.3. The molecule has 1 aromatic carbocycles. The number of carbonyl (C=O) groups is 1. The van der Waals surface area contributed by atoms with Gasteiger partial charge in [0.15, 0.2) is 6.10 Å². The van der Waals surface area contributed by atoms with Gasteiger partial charge in [0.1, 0.15) is 5.75 Å². The number of nitrogens with zero attached hydrogens (tertiary/aromatic N) is 2. The lowest BCUT2D eigenvalue weighted by Crippen LogP contribution is -2.37. The number of halogens is 3. The molecule has 0 saturated heterocycles. The summed E-state index contributed by atoms with van der Waals surface area (Å²) in [5, 5.41) is 6.65. The summed E-state index contributed by atoms with van der Waals surface area (Å²) < 4.78 is 45.6. The molecular weight excluding hydrogens is 323 g/mol. The number of hydrogen-bond donors (Lipinski definition) is 1. The number of ether oxygens (including phenoxy) is 1. The van der Waals surface area contributed by atoms with Crippen molar-refractivity contribution in [3.8, 4) is 5.75 Å². The number of carbonyl (C=O) groups excluding carboxylic acids is 1. The number of para-hydroxylation sites is 1. The zero-order chi connectivity index (χ0) is 17.7. The van der Waals surface area contributed by atoms with Gasteiger partial charge in [-0.15, -0.1) is 0 Å². The second-order valence-corrected chi connectivity index (χ2v) is 5.32. The highest BCUT2D eigenvalue weighted by Gasteiger charge is 2.34. The van der Waals surface area contributed by atoms with Crippen molar-refractivity contribution in [2.24, 2.45) is 7.05 Å². The molecule has 0 fully saturated rings. The second kappa shape index (κ2) is 7.37. The van der Waals surface area contributed by atoms with E-state index in [4.69, 9.17) is 4.74 Å². The Balaban J connectivity index is 1.90. The number of aryl methyl sites for hydroxylation is 1. The van der Waals surface area contributed by atoms with Crippen molar-refractivity contribution in [3.63, 3.8) is 0 Å². The first kappa shape index (κ1) is 17.8. The molecule has 0 saturated carbocycles. The molecule has 0 aliphatic heterocycles. The van der Waals surface area contributed by atoms with E-state index in [0.717, 1.165) is 11.6 Å². The molecule has 0 radical (unpaired) electrons. The number of rotatable bonds is 6. The van der Waals surface area contributed by atoms with Gasteiger partial charge in [-0.25, -0.2) is 0 Å². The molecule has 1 aromatic heterocycles. The maximum Gasteiger partial charge on any atom is 0.419 e. The third-order valence-corrected chi connectivity index (χ3v) is 3.34. The van der Waals surface area contributed by atoms with E-state index < -0.39 is 23.8 Å². The van der Waals surface area contributed by atoms with Gasteiger partial charge >= 0.3 is 6.18 Å². The van der Waals surface area contributed by atoms with Crippen LogP contribution in [0.2, 0.25) is 0 Å². The van der Waals surface area contributed by atoms with Crippen molar-refractivity contribution in [2.45, 2.75) is 25.6 Å². The van der Waals surface area contributed by atoms with Gasteiger partial charge in [0.05, 0.1) is 11.8 Å². The Morgan fingerprint density at radius 2 is 2.08 bits per heavy atom. The Kier molecular flexibility index (Phi) is 5.48. The minimum atomic E-state index is -4.53. The molecule has 1 amide bonds. The Bertz CT molecular complexity index is 698. The summed E-state index contributed by atoms with van der Waals surface area (Å²) in [6, 6.07) is 4.82. The predicted octanol–water partition coefficient (Wildman–Crippen LogP) is 2.57. The highest BCUT2D eigenvalue weighted by Crippen LogP contribution is 2.36. The Morgan fingerprint density at radius 1 is 1.38 bits per heavy atom. The van der Waals surface area contributed by atoms with Crippen molar-refractivity contribution in [1.82, 2.24) is 15.1 Å². The average molecular weight is 341 g/mol. The number of aromatic nitrogens is 2. The summed E-state index contributed by atoms with van der Waals surface area (Å²) in [5.74, 6) is -0.837. The molecule has 0 bridgehead atoms. The van der Waals surface area contributed by atoms with Crippen molar-refractivity contribution in [2.75, 3.05) is 6.54 Å². The summed E-state index contributed by atoms with van der Waals surface area (Å²) in [4.78, 5) is 12.0. The molecule has 0 aliphatic carbocycles. The van der Waals surface area contributed by atoms with Gasteiger partial charge in [-0.05, 0) is 31.0 Å². The smallest absolute Gasteiger partial charge is 0.419 e. The average Bonchev–Trinajstić information content (AvgIpc) is 2.92. The fourth-order valence-corrected chi connectivity index (χ4v) is 2.12. The summed E-state index contributed by atoms with van der Waals surface area (Å²) >= 11 is 0. The third kappa shape index (κ3) is 4.74. The lowest BCUT2D eigenvalue weighted by Gasteiger charge is -2.18. The first-order valence-electron chi connectivity index (χ1n) is 7.35. The number of nitrogens with one attached hydrogen (secondary N) is 1. The Labute approximate surface area is 137 Å². The molecule has 1 unspecified atom stereocenters. The van der Waals surface area contributed by atoms with Crippen LogP contribution < -0.4 is 10.1 Å². The van der Waals surface area contributed by atoms with Gasteiger partial charge in [-0.2, -0.15) is 18.3 Å². The first-order valence-corrected chi connectivity index (χ1v) is 7.35. The predicted molar refractivity (Wildman–Crippen MR) is 81.5 cm³/mol. The van der Waals surface area contributed by atoms with Gasteiger partial charge in [-0.3, -0.25) is 9.48 Å². The quantitative estimate of drug-likeness (QED) is 0.879. The molecule has 8 heteroatoms. The highest BCUT2D eigenvalue weighted by atomic mass is 19.4. The Morgan fingerprint density at radius 3 is 2.71 bits per heavy atom. The molecule has 1 atom stereocenters. The fraction of sp³-hybridized carbons (Fsp3) is 0.375. The maximum atomic E-state index is 12.9. The number of hydrogen-bond acceptors (Lipinski definition) is 3. The van der Waals surface area contributed by atoms with Crippen molar-refractivity contribution in [3.05, 3.63) is 47.8 Å². The normalized spacial score (nSPS) is 12.7. The standard InChI is InChI=1S/C16H18F3N3O2/c1-11(15(23)20-8-7-12-9-21-22(2)10-12)24-14-6-4-3-5-13(14)16(17,18)19/h3-6,9-11H,7-8H2,1-2H3,(H,20,23). The van der Waals surface area contributed by atoms with Crippen LogP contribution in [0.4, 0.5) is 13.2 Å². The van der Waals surface area contributed by atoms with Gasteiger partial charge in [0.25, 0.3) is 5.91 Å². The second-order valence-electron chi connectivity index (χ2n) is 5.32. The molecular formula is C16H18F3N3O2. The van der Waals surface area contributed by atoms with E-state index >= 15 is 0 Å². The lowest BCUT2D eigenvalue weighted by molar-refractivity contribution is -0.140. The van der Waals surface area contributed by atoms with E-state index in [2.05, 4.69) is 10.4 Å². The summed E-state index contributed by atoms with van der Waals surface area (Å²) in [6.45, 7) is 1.76. The number of alkyl halides is 3. The minimum absolute atomic E-state index is 0.346. The SMILES string of the molecule is CC(Oc1ccccc1C(F)(F)F)C(=O)NCCc1cnn(C)c1. The molecule has 2 aromatic rings. The van der Waals surface area contributed by atoms with E-state index in [-0.39, 0.29) is 5.75 Å². The van der Waals surface area contributed by atoms with Crippen LogP contribution >= 0.6 is 0 Å². The number of benzene rings is 1. The summed E-state index contributed by atoms with van der Waals surface area (Å²) in [5.41, 5.74) is 0.0498. The third-order valence-electron chi connectivity index (χ3n) is 3.34. The highest BCUT2D eigenvalue weighted by molar-refractivity contribution is 5.80. The van der Waals surface area contributed by atoms with Crippen LogP contribution in [-0.2, 0) is 24.4 Å². The van der Waals surface area contributed by atoms with Crippen LogP contribution in [0.5, 0.6) is 5.75 Å². The van der Waals surface area contributed by atoms with Crippen LogP contribution in [0.1, 0.15) is 18.1 Å². The topological polar surface area (TPSA) is 56.1 Å². The van der Waals surface area contributed by atoms with Gasteiger partial charge < -0.3 is 10.1 Å². The molecule has 130 valence electrons. The summed E-state index contributed by atoms with van der Waals surface area (Å²) in [7, 11) is 1.79. The van der Waals surface area contributed by atoms with Crippen LogP contribution in [0, 0.1) is 0 Å². The number of amides is 1. The van der Waals surface area contributed by atoms with Crippen molar-refractivity contribution in [1.29, 1.82) is 0 Å².